The van der Waals surface area contributed by atoms with E-state index in [0.29, 0.717) is 10.7 Å². The lowest BCUT2D eigenvalue weighted by Crippen LogP contribution is -1.98. The molecule has 2 rings (SSSR count). The Morgan fingerprint density at radius 3 is 2.60 bits per heavy atom. The standard InChI is InChI=1S/C11H11BrN2S/c1-2-9(8-6-4-3-5-7-8)10-13-11(12)14-15-10/h3-7,9H,2H2,1H3. The number of hydrogen-bond donors (Lipinski definition) is 0. The number of halogens is 1. The van der Waals surface area contributed by atoms with Crippen molar-refractivity contribution in [3.63, 3.8) is 0 Å². The maximum absolute atomic E-state index is 4.38. The summed E-state index contributed by atoms with van der Waals surface area (Å²) in [5.41, 5.74) is 1.31. The molecule has 0 amide bonds. The van der Waals surface area contributed by atoms with Crippen LogP contribution in [0.2, 0.25) is 0 Å². The molecule has 0 radical (unpaired) electrons. The second kappa shape index (κ2) is 4.86. The smallest absolute Gasteiger partial charge is 0.209 e. The Bertz CT molecular complexity index is 427. The van der Waals surface area contributed by atoms with Crippen LogP contribution in [0.4, 0.5) is 0 Å². The van der Waals surface area contributed by atoms with Crippen molar-refractivity contribution >= 4 is 27.5 Å². The minimum absolute atomic E-state index is 0.370. The molecule has 15 heavy (non-hydrogen) atoms. The van der Waals surface area contributed by atoms with Crippen LogP contribution in [0.3, 0.4) is 0 Å². The van der Waals surface area contributed by atoms with Gasteiger partial charge in [-0.05, 0) is 39.4 Å². The van der Waals surface area contributed by atoms with Gasteiger partial charge < -0.3 is 0 Å². The summed E-state index contributed by atoms with van der Waals surface area (Å²) in [7, 11) is 0. The van der Waals surface area contributed by atoms with Gasteiger partial charge in [0.05, 0.1) is 0 Å². The Kier molecular flexibility index (Phi) is 3.49. The fourth-order valence-electron chi connectivity index (χ4n) is 1.60. The third kappa shape index (κ3) is 2.44. The quantitative estimate of drug-likeness (QED) is 0.855. The van der Waals surface area contributed by atoms with Gasteiger partial charge in [0.25, 0.3) is 0 Å². The van der Waals surface area contributed by atoms with Crippen molar-refractivity contribution in [3.8, 4) is 0 Å². The Balaban J connectivity index is 2.33. The molecule has 2 aromatic rings. The van der Waals surface area contributed by atoms with E-state index in [1.807, 2.05) is 6.07 Å². The maximum Gasteiger partial charge on any atom is 0.209 e. The van der Waals surface area contributed by atoms with Crippen LogP contribution in [-0.4, -0.2) is 9.36 Å². The van der Waals surface area contributed by atoms with Gasteiger partial charge >= 0.3 is 0 Å². The summed E-state index contributed by atoms with van der Waals surface area (Å²) < 4.78 is 4.85. The van der Waals surface area contributed by atoms with E-state index in [2.05, 4.69) is 56.5 Å². The Labute approximate surface area is 102 Å². The van der Waals surface area contributed by atoms with E-state index in [-0.39, 0.29) is 0 Å². The third-order valence-corrected chi connectivity index (χ3v) is 3.74. The van der Waals surface area contributed by atoms with Crippen LogP contribution in [-0.2, 0) is 0 Å². The SMILES string of the molecule is CCC(c1ccccc1)c1nc(Br)ns1. The Morgan fingerprint density at radius 1 is 1.33 bits per heavy atom. The first-order valence-electron chi connectivity index (χ1n) is 4.85. The highest BCUT2D eigenvalue weighted by Gasteiger charge is 2.15. The van der Waals surface area contributed by atoms with Gasteiger partial charge in [0.2, 0.25) is 4.73 Å². The Morgan fingerprint density at radius 2 is 2.07 bits per heavy atom. The van der Waals surface area contributed by atoms with Crippen LogP contribution < -0.4 is 0 Å². The van der Waals surface area contributed by atoms with Crippen LogP contribution in [0, 0.1) is 0 Å². The molecule has 0 aliphatic rings. The van der Waals surface area contributed by atoms with Crippen molar-refractivity contribution in [1.29, 1.82) is 0 Å². The van der Waals surface area contributed by atoms with Gasteiger partial charge in [-0.2, -0.15) is 4.37 Å². The average Bonchev–Trinajstić information content (AvgIpc) is 2.68. The molecule has 0 N–H and O–H groups in total. The number of aromatic nitrogens is 2. The summed E-state index contributed by atoms with van der Waals surface area (Å²) in [6.45, 7) is 2.17. The molecular formula is C11H11BrN2S. The second-order valence-corrected chi connectivity index (χ2v) is 4.77. The maximum atomic E-state index is 4.38. The summed E-state index contributed by atoms with van der Waals surface area (Å²) in [6, 6.07) is 10.4. The van der Waals surface area contributed by atoms with Crippen LogP contribution in [0.5, 0.6) is 0 Å². The average molecular weight is 283 g/mol. The van der Waals surface area contributed by atoms with Crippen molar-refractivity contribution in [2.45, 2.75) is 19.3 Å². The molecule has 1 unspecified atom stereocenters. The molecule has 1 aromatic carbocycles. The zero-order chi connectivity index (χ0) is 10.7. The van der Waals surface area contributed by atoms with Crippen LogP contribution in [0.1, 0.15) is 29.8 Å². The summed E-state index contributed by atoms with van der Waals surface area (Å²) in [4.78, 5) is 4.38. The van der Waals surface area contributed by atoms with Crippen molar-refractivity contribution in [2.75, 3.05) is 0 Å². The first-order chi connectivity index (χ1) is 7.31. The molecule has 4 heteroatoms. The molecule has 0 saturated carbocycles. The van der Waals surface area contributed by atoms with Gasteiger partial charge in [-0.3, -0.25) is 0 Å². The normalized spacial score (nSPS) is 12.7. The van der Waals surface area contributed by atoms with Crippen molar-refractivity contribution < 1.29 is 0 Å². The van der Waals surface area contributed by atoms with Crippen molar-refractivity contribution in [1.82, 2.24) is 9.36 Å². The summed E-state index contributed by atoms with van der Waals surface area (Å²) in [6.07, 6.45) is 1.05. The monoisotopic (exact) mass is 282 g/mol. The van der Waals surface area contributed by atoms with Gasteiger partial charge in [-0.1, -0.05) is 37.3 Å². The van der Waals surface area contributed by atoms with Crippen LogP contribution in [0.15, 0.2) is 35.1 Å². The highest BCUT2D eigenvalue weighted by atomic mass is 79.9. The minimum Gasteiger partial charge on any atom is -0.213 e. The fraction of sp³-hybridized carbons (Fsp3) is 0.273. The summed E-state index contributed by atoms with van der Waals surface area (Å²) >= 11 is 4.76. The Hall–Kier alpha value is -0.740. The van der Waals surface area contributed by atoms with Crippen LogP contribution in [0.25, 0.3) is 0 Å². The predicted octanol–water partition coefficient (Wildman–Crippen LogP) is 3.84. The zero-order valence-electron chi connectivity index (χ0n) is 8.35. The van der Waals surface area contributed by atoms with E-state index in [4.69, 9.17) is 0 Å². The van der Waals surface area contributed by atoms with Gasteiger partial charge in [0.15, 0.2) is 0 Å². The third-order valence-electron chi connectivity index (χ3n) is 2.33. The second-order valence-electron chi connectivity index (χ2n) is 3.27. The number of benzene rings is 1. The molecule has 78 valence electrons. The van der Waals surface area contributed by atoms with Gasteiger partial charge in [-0.25, -0.2) is 4.98 Å². The lowest BCUT2D eigenvalue weighted by molar-refractivity contribution is 0.767. The van der Waals surface area contributed by atoms with Gasteiger partial charge in [0.1, 0.15) is 5.01 Å². The topological polar surface area (TPSA) is 25.8 Å². The molecular weight excluding hydrogens is 272 g/mol. The van der Waals surface area contributed by atoms with E-state index in [1.54, 1.807) is 0 Å². The van der Waals surface area contributed by atoms with E-state index in [0.717, 1.165) is 11.4 Å². The molecule has 1 heterocycles. The first kappa shape index (κ1) is 10.8. The van der Waals surface area contributed by atoms with Crippen molar-refractivity contribution in [3.05, 3.63) is 45.6 Å². The number of nitrogens with zero attached hydrogens (tertiary/aromatic N) is 2. The molecule has 1 atom stereocenters. The van der Waals surface area contributed by atoms with Crippen LogP contribution >= 0.6 is 27.5 Å². The lowest BCUT2D eigenvalue weighted by Gasteiger charge is -2.10. The molecule has 0 spiro atoms. The summed E-state index contributed by atoms with van der Waals surface area (Å²) in [5.74, 6) is 0.370. The molecule has 0 fully saturated rings. The van der Waals surface area contributed by atoms with Gasteiger partial charge in [0, 0.05) is 5.92 Å². The first-order valence-corrected chi connectivity index (χ1v) is 6.42. The van der Waals surface area contributed by atoms with E-state index >= 15 is 0 Å². The zero-order valence-corrected chi connectivity index (χ0v) is 10.8. The molecule has 2 nitrogen and oxygen atoms in total. The fourth-order valence-corrected chi connectivity index (χ4v) is 2.89. The molecule has 0 aliphatic carbocycles. The minimum atomic E-state index is 0.370. The van der Waals surface area contributed by atoms with Crippen molar-refractivity contribution in [2.24, 2.45) is 0 Å². The van der Waals surface area contributed by atoms with E-state index in [1.165, 1.54) is 17.1 Å². The number of hydrogen-bond acceptors (Lipinski definition) is 3. The highest BCUT2D eigenvalue weighted by molar-refractivity contribution is 9.10. The van der Waals surface area contributed by atoms with E-state index < -0.39 is 0 Å². The molecule has 0 aliphatic heterocycles. The largest absolute Gasteiger partial charge is 0.213 e. The molecule has 1 aromatic heterocycles. The predicted molar refractivity (Wildman–Crippen MR) is 66.2 cm³/mol. The summed E-state index contributed by atoms with van der Waals surface area (Å²) in [5, 5.41) is 1.08. The van der Waals surface area contributed by atoms with E-state index in [9.17, 15) is 0 Å². The molecule has 0 bridgehead atoms. The highest BCUT2D eigenvalue weighted by Crippen LogP contribution is 2.29. The lowest BCUT2D eigenvalue weighted by atomic mass is 9.97. The van der Waals surface area contributed by atoms with Gasteiger partial charge in [-0.15, -0.1) is 0 Å². The number of rotatable bonds is 3. The molecule has 0 saturated heterocycles.